The Morgan fingerprint density at radius 1 is 1.53 bits per heavy atom. The molecule has 0 aliphatic heterocycles. The molecular formula is C10H17N3O2. The summed E-state index contributed by atoms with van der Waals surface area (Å²) in [6, 6.07) is 0. The Morgan fingerprint density at radius 3 is 2.93 bits per heavy atom. The number of carboxylic acid groups (broad SMARTS) is 1. The molecule has 0 bridgehead atoms. The van der Waals surface area contributed by atoms with E-state index < -0.39 is 5.97 Å². The first-order valence-corrected chi connectivity index (χ1v) is 5.04. The van der Waals surface area contributed by atoms with Gasteiger partial charge in [0, 0.05) is 31.9 Å². The number of likely N-dealkylation sites (N-methyl/N-ethyl adjacent to an activating group) is 1. The summed E-state index contributed by atoms with van der Waals surface area (Å²) < 4.78 is 2.01. The van der Waals surface area contributed by atoms with E-state index in [2.05, 4.69) is 9.88 Å². The molecule has 5 nitrogen and oxygen atoms in total. The Bertz CT molecular complexity index is 285. The molecule has 0 spiro atoms. The first-order chi connectivity index (χ1) is 7.18. The van der Waals surface area contributed by atoms with E-state index in [0.717, 1.165) is 19.6 Å². The van der Waals surface area contributed by atoms with Crippen LogP contribution in [0.15, 0.2) is 18.7 Å². The van der Waals surface area contributed by atoms with Gasteiger partial charge >= 0.3 is 5.97 Å². The molecule has 0 aromatic carbocycles. The maximum Gasteiger partial charge on any atom is 0.303 e. The van der Waals surface area contributed by atoms with E-state index in [-0.39, 0.29) is 6.42 Å². The van der Waals surface area contributed by atoms with Crippen LogP contribution in [0.3, 0.4) is 0 Å². The average Bonchev–Trinajstić information content (AvgIpc) is 2.66. The summed E-state index contributed by atoms with van der Waals surface area (Å²) in [4.78, 5) is 16.4. The van der Waals surface area contributed by atoms with Crippen LogP contribution in [0.4, 0.5) is 0 Å². The van der Waals surface area contributed by atoms with Gasteiger partial charge in [-0.1, -0.05) is 0 Å². The average molecular weight is 211 g/mol. The Labute approximate surface area is 89.3 Å². The van der Waals surface area contributed by atoms with Crippen molar-refractivity contribution in [3.8, 4) is 0 Å². The van der Waals surface area contributed by atoms with Crippen LogP contribution in [-0.2, 0) is 11.3 Å². The third-order valence-corrected chi connectivity index (χ3v) is 2.23. The van der Waals surface area contributed by atoms with Gasteiger partial charge < -0.3 is 14.6 Å². The molecule has 1 aromatic rings. The van der Waals surface area contributed by atoms with E-state index in [1.807, 2.05) is 17.8 Å². The number of carbonyl (C=O) groups is 1. The highest BCUT2D eigenvalue weighted by Gasteiger charge is 2.01. The number of nitrogens with zero attached hydrogens (tertiary/aromatic N) is 3. The van der Waals surface area contributed by atoms with Crippen LogP contribution in [0.1, 0.15) is 12.8 Å². The normalized spacial score (nSPS) is 10.8. The van der Waals surface area contributed by atoms with Crippen molar-refractivity contribution in [1.82, 2.24) is 14.5 Å². The maximum absolute atomic E-state index is 10.3. The Kier molecular flexibility index (Phi) is 4.83. The molecule has 0 aliphatic carbocycles. The number of imidazole rings is 1. The first-order valence-electron chi connectivity index (χ1n) is 5.04. The number of hydrogen-bond acceptors (Lipinski definition) is 3. The van der Waals surface area contributed by atoms with E-state index in [1.54, 1.807) is 12.5 Å². The molecule has 0 saturated heterocycles. The van der Waals surface area contributed by atoms with Crippen molar-refractivity contribution in [2.45, 2.75) is 19.4 Å². The van der Waals surface area contributed by atoms with Gasteiger partial charge in [0.25, 0.3) is 0 Å². The lowest BCUT2D eigenvalue weighted by Gasteiger charge is -2.15. The van der Waals surface area contributed by atoms with Gasteiger partial charge in [-0.2, -0.15) is 0 Å². The molecule has 0 unspecified atom stereocenters. The predicted molar refractivity (Wildman–Crippen MR) is 56.6 cm³/mol. The molecule has 0 fully saturated rings. The molecule has 0 saturated carbocycles. The molecule has 1 N–H and O–H groups in total. The Morgan fingerprint density at radius 2 is 2.33 bits per heavy atom. The number of aliphatic carboxylic acids is 1. The van der Waals surface area contributed by atoms with E-state index in [0.29, 0.717) is 6.42 Å². The van der Waals surface area contributed by atoms with E-state index in [1.165, 1.54) is 0 Å². The topological polar surface area (TPSA) is 58.4 Å². The van der Waals surface area contributed by atoms with Gasteiger partial charge in [-0.15, -0.1) is 0 Å². The zero-order chi connectivity index (χ0) is 11.1. The number of hydrogen-bond donors (Lipinski definition) is 1. The summed E-state index contributed by atoms with van der Waals surface area (Å²) >= 11 is 0. The zero-order valence-corrected chi connectivity index (χ0v) is 8.96. The number of carboxylic acids is 1. The molecule has 1 heterocycles. The van der Waals surface area contributed by atoms with Crippen molar-refractivity contribution in [3.63, 3.8) is 0 Å². The van der Waals surface area contributed by atoms with E-state index >= 15 is 0 Å². The van der Waals surface area contributed by atoms with Gasteiger partial charge in [0.15, 0.2) is 0 Å². The molecule has 0 radical (unpaired) electrons. The van der Waals surface area contributed by atoms with Crippen LogP contribution < -0.4 is 0 Å². The number of aromatic nitrogens is 2. The maximum atomic E-state index is 10.3. The summed E-state index contributed by atoms with van der Waals surface area (Å²) in [6.45, 7) is 2.63. The highest BCUT2D eigenvalue weighted by molar-refractivity contribution is 5.66. The van der Waals surface area contributed by atoms with Crippen molar-refractivity contribution in [2.75, 3.05) is 20.1 Å². The van der Waals surface area contributed by atoms with E-state index in [4.69, 9.17) is 5.11 Å². The molecule has 5 heteroatoms. The van der Waals surface area contributed by atoms with Gasteiger partial charge in [-0.05, 0) is 20.0 Å². The van der Waals surface area contributed by atoms with Crippen LogP contribution in [0.5, 0.6) is 0 Å². The van der Waals surface area contributed by atoms with Crippen molar-refractivity contribution in [1.29, 1.82) is 0 Å². The molecule has 1 rings (SSSR count). The van der Waals surface area contributed by atoms with Crippen LogP contribution >= 0.6 is 0 Å². The highest BCUT2D eigenvalue weighted by atomic mass is 16.4. The lowest BCUT2D eigenvalue weighted by Crippen LogP contribution is -2.24. The monoisotopic (exact) mass is 211 g/mol. The smallest absolute Gasteiger partial charge is 0.303 e. The summed E-state index contributed by atoms with van der Waals surface area (Å²) in [5.41, 5.74) is 0. The van der Waals surface area contributed by atoms with Crippen molar-refractivity contribution >= 4 is 5.97 Å². The lowest BCUT2D eigenvalue weighted by molar-refractivity contribution is -0.137. The van der Waals surface area contributed by atoms with Crippen molar-refractivity contribution in [3.05, 3.63) is 18.7 Å². The van der Waals surface area contributed by atoms with Crippen molar-refractivity contribution < 1.29 is 9.90 Å². The third-order valence-electron chi connectivity index (χ3n) is 2.23. The molecular weight excluding hydrogens is 194 g/mol. The lowest BCUT2D eigenvalue weighted by atomic mass is 10.3. The third kappa shape index (κ3) is 5.17. The summed E-state index contributed by atoms with van der Waals surface area (Å²) in [6.07, 6.45) is 6.41. The molecule has 84 valence electrons. The quantitative estimate of drug-likeness (QED) is 0.720. The summed E-state index contributed by atoms with van der Waals surface area (Å²) in [5, 5.41) is 8.48. The first kappa shape index (κ1) is 11.7. The Balaban J connectivity index is 2.08. The van der Waals surface area contributed by atoms with Crippen LogP contribution in [0.2, 0.25) is 0 Å². The largest absolute Gasteiger partial charge is 0.481 e. The van der Waals surface area contributed by atoms with Gasteiger partial charge in [-0.3, -0.25) is 4.79 Å². The zero-order valence-electron chi connectivity index (χ0n) is 8.96. The van der Waals surface area contributed by atoms with E-state index in [9.17, 15) is 4.79 Å². The molecule has 0 amide bonds. The molecule has 0 aliphatic rings. The fourth-order valence-corrected chi connectivity index (χ4v) is 1.32. The second kappa shape index (κ2) is 6.19. The molecule has 1 aromatic heterocycles. The fraction of sp³-hybridized carbons (Fsp3) is 0.600. The van der Waals surface area contributed by atoms with Gasteiger partial charge in [0.1, 0.15) is 0 Å². The number of rotatable bonds is 7. The Hall–Kier alpha value is -1.36. The van der Waals surface area contributed by atoms with Crippen LogP contribution in [0.25, 0.3) is 0 Å². The predicted octanol–water partition coefficient (Wildman–Crippen LogP) is 0.680. The summed E-state index contributed by atoms with van der Waals surface area (Å²) in [5.74, 6) is -0.724. The minimum absolute atomic E-state index is 0.245. The van der Waals surface area contributed by atoms with Gasteiger partial charge in [-0.25, -0.2) is 4.98 Å². The minimum atomic E-state index is -0.724. The summed E-state index contributed by atoms with van der Waals surface area (Å²) in [7, 11) is 2.00. The standard InChI is InChI=1S/C10H17N3O2/c1-12(5-2-3-10(14)15)7-8-13-6-4-11-9-13/h4,6,9H,2-3,5,7-8H2,1H3,(H,14,15). The minimum Gasteiger partial charge on any atom is -0.481 e. The van der Waals surface area contributed by atoms with Crippen molar-refractivity contribution in [2.24, 2.45) is 0 Å². The highest BCUT2D eigenvalue weighted by Crippen LogP contribution is 1.94. The van der Waals surface area contributed by atoms with Gasteiger partial charge in [0.2, 0.25) is 0 Å². The fourth-order valence-electron chi connectivity index (χ4n) is 1.32. The molecule has 0 atom stereocenters. The second-order valence-corrected chi connectivity index (χ2v) is 3.60. The van der Waals surface area contributed by atoms with Gasteiger partial charge in [0.05, 0.1) is 6.33 Å². The molecule has 15 heavy (non-hydrogen) atoms. The van der Waals surface area contributed by atoms with Crippen LogP contribution in [0, 0.1) is 0 Å². The second-order valence-electron chi connectivity index (χ2n) is 3.60. The van der Waals surface area contributed by atoms with Crippen LogP contribution in [-0.4, -0.2) is 45.7 Å². The SMILES string of the molecule is CN(CCCC(=O)O)CCn1ccnc1.